The summed E-state index contributed by atoms with van der Waals surface area (Å²) in [5.74, 6) is 0.142. The Morgan fingerprint density at radius 3 is 2.71 bits per heavy atom. The minimum Gasteiger partial charge on any atom is -0.304 e. The van der Waals surface area contributed by atoms with Gasteiger partial charge in [-0.3, -0.25) is 9.89 Å². The molecule has 28 heavy (non-hydrogen) atoms. The Morgan fingerprint density at radius 2 is 1.96 bits per heavy atom. The third kappa shape index (κ3) is 2.81. The van der Waals surface area contributed by atoms with Gasteiger partial charge in [0.05, 0.1) is 40.3 Å². The maximum absolute atomic E-state index is 12.8. The van der Waals surface area contributed by atoms with Crippen molar-refractivity contribution in [2.45, 2.75) is 20.8 Å². The molecule has 0 bridgehead atoms. The SMILES string of the molecule is Cc1cc2c(NC(=O)c3cnn(-c4ccccc4C)c3C)n[nH]c2cc1C#N. The van der Waals surface area contributed by atoms with Crippen LogP contribution in [0.1, 0.15) is 32.7 Å². The summed E-state index contributed by atoms with van der Waals surface area (Å²) in [5, 5.41) is 24.2. The average Bonchev–Trinajstić information content (AvgIpc) is 3.25. The number of benzene rings is 2. The molecule has 0 saturated heterocycles. The largest absolute Gasteiger partial charge is 0.304 e. The van der Waals surface area contributed by atoms with Crippen molar-refractivity contribution >= 4 is 22.6 Å². The van der Waals surface area contributed by atoms with Crippen LogP contribution in [0.25, 0.3) is 16.6 Å². The van der Waals surface area contributed by atoms with Crippen LogP contribution < -0.4 is 5.32 Å². The molecular weight excluding hydrogens is 352 g/mol. The lowest BCUT2D eigenvalue weighted by Gasteiger charge is -2.08. The van der Waals surface area contributed by atoms with E-state index in [-0.39, 0.29) is 5.91 Å². The van der Waals surface area contributed by atoms with Gasteiger partial charge in [-0.2, -0.15) is 15.5 Å². The number of anilines is 1. The number of amides is 1. The van der Waals surface area contributed by atoms with E-state index >= 15 is 0 Å². The first-order chi connectivity index (χ1) is 13.5. The molecule has 2 N–H and O–H groups in total. The van der Waals surface area contributed by atoms with E-state index in [1.54, 1.807) is 16.9 Å². The molecule has 7 heteroatoms. The van der Waals surface area contributed by atoms with E-state index in [2.05, 4.69) is 26.7 Å². The number of carbonyl (C=O) groups is 1. The Labute approximate surface area is 161 Å². The van der Waals surface area contributed by atoms with Crippen LogP contribution in [0.15, 0.2) is 42.6 Å². The van der Waals surface area contributed by atoms with E-state index in [0.29, 0.717) is 22.5 Å². The van der Waals surface area contributed by atoms with Gasteiger partial charge in [0, 0.05) is 5.39 Å². The first-order valence-electron chi connectivity index (χ1n) is 8.80. The Bertz CT molecular complexity index is 1260. The summed E-state index contributed by atoms with van der Waals surface area (Å²) < 4.78 is 1.76. The number of hydrogen-bond acceptors (Lipinski definition) is 4. The third-order valence-electron chi connectivity index (χ3n) is 4.86. The number of nitrogens with zero attached hydrogens (tertiary/aromatic N) is 4. The molecule has 0 saturated carbocycles. The maximum Gasteiger partial charge on any atom is 0.260 e. The van der Waals surface area contributed by atoms with Crippen molar-refractivity contribution in [2.75, 3.05) is 5.32 Å². The number of nitriles is 1. The fraction of sp³-hybridized carbons (Fsp3) is 0.143. The second kappa shape index (κ2) is 6.67. The summed E-state index contributed by atoms with van der Waals surface area (Å²) in [6, 6.07) is 13.6. The predicted octanol–water partition coefficient (Wildman–Crippen LogP) is 3.80. The number of rotatable bonds is 3. The van der Waals surface area contributed by atoms with Gasteiger partial charge in [0.2, 0.25) is 0 Å². The van der Waals surface area contributed by atoms with Gasteiger partial charge in [0.15, 0.2) is 5.82 Å². The highest BCUT2D eigenvalue weighted by Crippen LogP contribution is 2.25. The molecule has 2 aromatic heterocycles. The van der Waals surface area contributed by atoms with Crippen molar-refractivity contribution in [3.63, 3.8) is 0 Å². The molecule has 0 aliphatic heterocycles. The molecule has 7 nitrogen and oxygen atoms in total. The zero-order chi connectivity index (χ0) is 19.8. The number of hydrogen-bond donors (Lipinski definition) is 2. The normalized spacial score (nSPS) is 10.8. The molecule has 0 radical (unpaired) electrons. The van der Waals surface area contributed by atoms with Crippen molar-refractivity contribution in [3.8, 4) is 11.8 Å². The molecule has 2 aromatic carbocycles. The van der Waals surface area contributed by atoms with Crippen LogP contribution in [0.5, 0.6) is 0 Å². The van der Waals surface area contributed by atoms with Crippen LogP contribution in [0.4, 0.5) is 5.82 Å². The molecule has 4 aromatic rings. The zero-order valence-electron chi connectivity index (χ0n) is 15.7. The van der Waals surface area contributed by atoms with Gasteiger partial charge in [-0.05, 0) is 50.1 Å². The molecule has 0 atom stereocenters. The molecule has 4 rings (SSSR count). The van der Waals surface area contributed by atoms with Crippen molar-refractivity contribution < 1.29 is 4.79 Å². The van der Waals surface area contributed by atoms with Crippen LogP contribution in [-0.4, -0.2) is 25.9 Å². The molecule has 1 amide bonds. The van der Waals surface area contributed by atoms with Gasteiger partial charge >= 0.3 is 0 Å². The summed E-state index contributed by atoms with van der Waals surface area (Å²) in [5.41, 5.74) is 5.33. The summed E-state index contributed by atoms with van der Waals surface area (Å²) in [4.78, 5) is 12.8. The number of para-hydroxylation sites is 1. The van der Waals surface area contributed by atoms with Crippen LogP contribution in [-0.2, 0) is 0 Å². The third-order valence-corrected chi connectivity index (χ3v) is 4.86. The van der Waals surface area contributed by atoms with Crippen LogP contribution in [0.3, 0.4) is 0 Å². The van der Waals surface area contributed by atoms with Crippen molar-refractivity contribution in [2.24, 2.45) is 0 Å². The number of fused-ring (bicyclic) bond motifs is 1. The van der Waals surface area contributed by atoms with Gasteiger partial charge in [0.1, 0.15) is 0 Å². The van der Waals surface area contributed by atoms with E-state index in [0.717, 1.165) is 27.9 Å². The molecule has 0 spiro atoms. The van der Waals surface area contributed by atoms with Gasteiger partial charge in [-0.1, -0.05) is 18.2 Å². The number of aromatic nitrogens is 4. The van der Waals surface area contributed by atoms with Gasteiger partial charge in [-0.15, -0.1) is 0 Å². The lowest BCUT2D eigenvalue weighted by Crippen LogP contribution is -2.13. The summed E-state index contributed by atoms with van der Waals surface area (Å²) in [6.45, 7) is 5.72. The van der Waals surface area contributed by atoms with E-state index < -0.39 is 0 Å². The van der Waals surface area contributed by atoms with Gasteiger partial charge in [-0.25, -0.2) is 4.68 Å². The zero-order valence-corrected chi connectivity index (χ0v) is 15.7. The number of nitrogens with one attached hydrogen (secondary N) is 2. The fourth-order valence-corrected chi connectivity index (χ4v) is 3.24. The van der Waals surface area contributed by atoms with E-state index in [4.69, 9.17) is 5.26 Å². The Morgan fingerprint density at radius 1 is 1.18 bits per heavy atom. The number of H-pyrrole nitrogens is 1. The quantitative estimate of drug-likeness (QED) is 0.573. The molecule has 0 fully saturated rings. The minimum absolute atomic E-state index is 0.284. The molecule has 138 valence electrons. The first-order valence-corrected chi connectivity index (χ1v) is 8.80. The second-order valence-corrected chi connectivity index (χ2v) is 6.69. The lowest BCUT2D eigenvalue weighted by molar-refractivity contribution is 0.102. The average molecular weight is 370 g/mol. The summed E-state index contributed by atoms with van der Waals surface area (Å²) in [6.07, 6.45) is 1.56. The molecule has 0 aliphatic rings. The fourth-order valence-electron chi connectivity index (χ4n) is 3.24. The van der Waals surface area contributed by atoms with E-state index in [1.165, 1.54) is 0 Å². The number of aryl methyl sites for hydroxylation is 2. The Balaban J connectivity index is 1.67. The minimum atomic E-state index is -0.284. The highest BCUT2D eigenvalue weighted by atomic mass is 16.1. The predicted molar refractivity (Wildman–Crippen MR) is 107 cm³/mol. The molecule has 0 unspecified atom stereocenters. The van der Waals surface area contributed by atoms with Gasteiger partial charge in [0.25, 0.3) is 5.91 Å². The Hall–Kier alpha value is -3.92. The Kier molecular flexibility index (Phi) is 4.17. The van der Waals surface area contributed by atoms with Crippen LogP contribution in [0.2, 0.25) is 0 Å². The van der Waals surface area contributed by atoms with E-state index in [1.807, 2.05) is 51.1 Å². The lowest BCUT2D eigenvalue weighted by atomic mass is 10.1. The molecule has 2 heterocycles. The van der Waals surface area contributed by atoms with Crippen molar-refractivity contribution in [1.82, 2.24) is 20.0 Å². The monoisotopic (exact) mass is 370 g/mol. The summed E-state index contributed by atoms with van der Waals surface area (Å²) >= 11 is 0. The maximum atomic E-state index is 12.8. The topological polar surface area (TPSA) is 99.4 Å². The van der Waals surface area contributed by atoms with Crippen LogP contribution in [0, 0.1) is 32.1 Å². The highest BCUT2D eigenvalue weighted by Gasteiger charge is 2.18. The standard InChI is InChI=1S/C21H18N6O/c1-12-6-4-5-7-19(12)27-14(3)17(11-23-27)21(28)24-20-16-8-13(2)15(10-22)9-18(16)25-26-20/h4-9,11H,1-3H3,(H2,24,25,26,28). The second-order valence-electron chi connectivity index (χ2n) is 6.69. The van der Waals surface area contributed by atoms with Crippen molar-refractivity contribution in [1.29, 1.82) is 5.26 Å². The molecular formula is C21H18N6O. The highest BCUT2D eigenvalue weighted by molar-refractivity contribution is 6.08. The van der Waals surface area contributed by atoms with Crippen LogP contribution >= 0.6 is 0 Å². The number of carbonyl (C=O) groups excluding carboxylic acids is 1. The smallest absolute Gasteiger partial charge is 0.260 e. The van der Waals surface area contributed by atoms with Gasteiger partial charge < -0.3 is 5.32 Å². The van der Waals surface area contributed by atoms with Crippen molar-refractivity contribution in [3.05, 3.63) is 70.5 Å². The molecule has 0 aliphatic carbocycles. The summed E-state index contributed by atoms with van der Waals surface area (Å²) in [7, 11) is 0. The van der Waals surface area contributed by atoms with E-state index in [9.17, 15) is 4.79 Å². The first kappa shape index (κ1) is 17.5. The number of aromatic amines is 1.